The van der Waals surface area contributed by atoms with Gasteiger partial charge < -0.3 is 14.9 Å². The van der Waals surface area contributed by atoms with Crippen molar-refractivity contribution in [3.8, 4) is 0 Å². The van der Waals surface area contributed by atoms with Gasteiger partial charge in [-0.15, -0.1) is 6.58 Å². The third kappa shape index (κ3) is 4.07. The zero-order valence-electron chi connectivity index (χ0n) is 14.2. The summed E-state index contributed by atoms with van der Waals surface area (Å²) >= 11 is 0. The molecule has 5 nitrogen and oxygen atoms in total. The van der Waals surface area contributed by atoms with E-state index in [9.17, 15) is 9.18 Å². The van der Waals surface area contributed by atoms with Gasteiger partial charge in [-0.2, -0.15) is 0 Å². The normalized spacial score (nSPS) is 22.0. The number of amides is 1. The summed E-state index contributed by atoms with van der Waals surface area (Å²) in [6.07, 6.45) is 3.94. The Hall–Kier alpha value is -2.21. The van der Waals surface area contributed by atoms with Crippen molar-refractivity contribution in [2.75, 3.05) is 19.8 Å². The molecule has 1 saturated heterocycles. The molecule has 134 valence electrons. The van der Waals surface area contributed by atoms with Crippen LogP contribution in [0, 0.1) is 11.2 Å². The molecule has 0 bridgehead atoms. The summed E-state index contributed by atoms with van der Waals surface area (Å²) in [4.78, 5) is 18.3. The van der Waals surface area contributed by atoms with Gasteiger partial charge in [-0.25, -0.2) is 4.39 Å². The number of carbonyl (C=O) groups is 1. The number of nitrogens with zero attached hydrogens (tertiary/aromatic N) is 1. The van der Waals surface area contributed by atoms with E-state index in [4.69, 9.17) is 9.57 Å². The number of carbonyl (C=O) groups excluding carboxylic acids is 1. The lowest BCUT2D eigenvalue weighted by molar-refractivity contribution is -0.139. The maximum absolute atomic E-state index is 13.4. The Morgan fingerprint density at radius 1 is 1.44 bits per heavy atom. The molecule has 6 heteroatoms. The third-order valence-corrected chi connectivity index (χ3v) is 4.85. The van der Waals surface area contributed by atoms with Gasteiger partial charge in [-0.3, -0.25) is 4.79 Å². The third-order valence-electron chi connectivity index (χ3n) is 4.85. The minimum atomic E-state index is -0.515. The molecule has 1 aromatic rings. The zero-order chi connectivity index (χ0) is 17.7. The Labute approximate surface area is 146 Å². The van der Waals surface area contributed by atoms with Gasteiger partial charge in [0.25, 0.3) is 0 Å². The second-order valence-electron chi connectivity index (χ2n) is 6.58. The van der Waals surface area contributed by atoms with E-state index in [0.29, 0.717) is 45.4 Å². The fourth-order valence-electron chi connectivity index (χ4n) is 3.45. The molecular weight excluding hydrogens is 323 g/mol. The van der Waals surface area contributed by atoms with Gasteiger partial charge in [0.2, 0.25) is 5.91 Å². The van der Waals surface area contributed by atoms with E-state index in [1.54, 1.807) is 12.1 Å². The van der Waals surface area contributed by atoms with Crippen LogP contribution in [-0.4, -0.2) is 37.5 Å². The number of nitrogens with one attached hydrogen (secondary N) is 1. The Morgan fingerprint density at radius 2 is 2.24 bits per heavy atom. The Kier molecular flexibility index (Phi) is 5.48. The number of ether oxygens (including phenoxy) is 1. The van der Waals surface area contributed by atoms with Gasteiger partial charge in [0, 0.05) is 38.2 Å². The van der Waals surface area contributed by atoms with Crippen LogP contribution in [0.5, 0.6) is 0 Å². The van der Waals surface area contributed by atoms with Crippen molar-refractivity contribution in [3.05, 3.63) is 48.3 Å². The first-order valence-electron chi connectivity index (χ1n) is 8.58. The summed E-state index contributed by atoms with van der Waals surface area (Å²) in [5.41, 5.74) is 0.927. The van der Waals surface area contributed by atoms with Crippen LogP contribution in [-0.2, 0) is 14.4 Å². The highest BCUT2D eigenvalue weighted by atomic mass is 19.1. The van der Waals surface area contributed by atoms with Crippen LogP contribution < -0.4 is 5.32 Å². The van der Waals surface area contributed by atoms with Crippen LogP contribution >= 0.6 is 0 Å². The number of benzene rings is 1. The molecule has 1 aromatic carbocycles. The monoisotopic (exact) mass is 346 g/mol. The van der Waals surface area contributed by atoms with Crippen molar-refractivity contribution in [2.24, 2.45) is 10.6 Å². The van der Waals surface area contributed by atoms with Gasteiger partial charge in [-0.05, 0) is 25.0 Å². The average molecular weight is 346 g/mol. The van der Waals surface area contributed by atoms with E-state index in [-0.39, 0.29) is 17.8 Å². The fraction of sp³-hybridized carbons (Fsp3) is 0.474. The molecule has 1 fully saturated rings. The van der Waals surface area contributed by atoms with E-state index in [1.165, 1.54) is 12.1 Å². The number of hydrogen-bond acceptors (Lipinski definition) is 4. The van der Waals surface area contributed by atoms with Crippen LogP contribution in [0.25, 0.3) is 0 Å². The Balaban J connectivity index is 1.67. The number of halogens is 1. The van der Waals surface area contributed by atoms with E-state index in [2.05, 4.69) is 17.1 Å². The summed E-state index contributed by atoms with van der Waals surface area (Å²) in [7, 11) is 0. The van der Waals surface area contributed by atoms with Crippen LogP contribution in [0.1, 0.15) is 31.2 Å². The SMILES string of the molecule is C=CCNC(=O)C1(CC2CC(c3cccc(F)c3)=NO2)CCOCC1. The van der Waals surface area contributed by atoms with Crippen molar-refractivity contribution in [2.45, 2.75) is 31.8 Å². The molecule has 2 aliphatic heterocycles. The maximum atomic E-state index is 13.4. The molecule has 1 unspecified atom stereocenters. The second kappa shape index (κ2) is 7.78. The zero-order valence-corrected chi connectivity index (χ0v) is 14.2. The van der Waals surface area contributed by atoms with Gasteiger partial charge in [0.1, 0.15) is 11.9 Å². The minimum Gasteiger partial charge on any atom is -0.392 e. The van der Waals surface area contributed by atoms with Crippen molar-refractivity contribution in [1.82, 2.24) is 5.32 Å². The van der Waals surface area contributed by atoms with E-state index in [0.717, 1.165) is 11.3 Å². The highest BCUT2D eigenvalue weighted by Crippen LogP contribution is 2.38. The van der Waals surface area contributed by atoms with Crippen LogP contribution in [0.3, 0.4) is 0 Å². The van der Waals surface area contributed by atoms with Crippen LogP contribution in [0.4, 0.5) is 4.39 Å². The molecule has 2 heterocycles. The highest BCUT2D eigenvalue weighted by Gasteiger charge is 2.43. The number of rotatable bonds is 6. The molecule has 25 heavy (non-hydrogen) atoms. The predicted octanol–water partition coefficient (Wildman–Crippen LogP) is 2.81. The summed E-state index contributed by atoms with van der Waals surface area (Å²) in [5, 5.41) is 7.03. The average Bonchev–Trinajstić information content (AvgIpc) is 3.08. The molecular formula is C19H23FN2O3. The van der Waals surface area contributed by atoms with Crippen molar-refractivity contribution in [3.63, 3.8) is 0 Å². The highest BCUT2D eigenvalue weighted by molar-refractivity contribution is 6.01. The predicted molar refractivity (Wildman–Crippen MR) is 92.7 cm³/mol. The topological polar surface area (TPSA) is 59.9 Å². The largest absolute Gasteiger partial charge is 0.392 e. The first-order chi connectivity index (χ1) is 12.1. The van der Waals surface area contributed by atoms with E-state index in [1.807, 2.05) is 6.07 Å². The molecule has 0 saturated carbocycles. The lowest BCUT2D eigenvalue weighted by Crippen LogP contribution is -2.46. The molecule has 0 aromatic heterocycles. The molecule has 1 amide bonds. The van der Waals surface area contributed by atoms with Gasteiger partial charge in [-0.1, -0.05) is 23.4 Å². The first-order valence-corrected chi connectivity index (χ1v) is 8.58. The summed E-state index contributed by atoms with van der Waals surface area (Å²) < 4.78 is 18.8. The molecule has 1 N–H and O–H groups in total. The van der Waals surface area contributed by atoms with Crippen LogP contribution in [0.15, 0.2) is 42.1 Å². The van der Waals surface area contributed by atoms with Crippen molar-refractivity contribution in [1.29, 1.82) is 0 Å². The molecule has 0 spiro atoms. The molecule has 1 atom stereocenters. The maximum Gasteiger partial charge on any atom is 0.226 e. The summed E-state index contributed by atoms with van der Waals surface area (Å²) in [5.74, 6) is -0.285. The fourth-order valence-corrected chi connectivity index (χ4v) is 3.45. The van der Waals surface area contributed by atoms with Gasteiger partial charge in [0.05, 0.1) is 11.1 Å². The molecule has 3 rings (SSSR count). The molecule has 0 aliphatic carbocycles. The number of hydrogen-bond donors (Lipinski definition) is 1. The first kappa shape index (κ1) is 17.6. The van der Waals surface area contributed by atoms with Crippen LogP contribution in [0.2, 0.25) is 0 Å². The quantitative estimate of drug-likeness (QED) is 0.806. The molecule has 0 radical (unpaired) electrons. The standard InChI is InChI=1S/C19H23FN2O3/c1-2-8-21-18(23)19(6-9-24-10-7-19)13-16-12-17(22-25-16)14-4-3-5-15(20)11-14/h2-5,11,16H,1,6-10,12-13H2,(H,21,23). The van der Waals surface area contributed by atoms with Crippen molar-refractivity contribution < 1.29 is 18.8 Å². The smallest absolute Gasteiger partial charge is 0.226 e. The summed E-state index contributed by atoms with van der Waals surface area (Å²) in [6.45, 7) is 5.21. The molecule has 2 aliphatic rings. The summed E-state index contributed by atoms with van der Waals surface area (Å²) in [6, 6.07) is 6.32. The van der Waals surface area contributed by atoms with Crippen molar-refractivity contribution >= 4 is 11.6 Å². The Bertz CT molecular complexity index is 668. The number of oxime groups is 1. The minimum absolute atomic E-state index is 0.0125. The lowest BCUT2D eigenvalue weighted by atomic mass is 9.74. The lowest BCUT2D eigenvalue weighted by Gasteiger charge is -2.36. The Morgan fingerprint density at radius 3 is 2.96 bits per heavy atom. The van der Waals surface area contributed by atoms with Gasteiger partial charge in [0.15, 0.2) is 0 Å². The van der Waals surface area contributed by atoms with E-state index < -0.39 is 5.41 Å². The van der Waals surface area contributed by atoms with Gasteiger partial charge >= 0.3 is 0 Å². The second-order valence-corrected chi connectivity index (χ2v) is 6.58. The van der Waals surface area contributed by atoms with E-state index >= 15 is 0 Å².